The molecule has 6 nitrogen and oxygen atoms in total. The van der Waals surface area contributed by atoms with E-state index in [0.717, 1.165) is 45.2 Å². The second-order valence-electron chi connectivity index (χ2n) is 6.59. The maximum Gasteiger partial charge on any atom is 0.224 e. The van der Waals surface area contributed by atoms with Gasteiger partial charge in [-0.05, 0) is 43.2 Å². The maximum atomic E-state index is 6.01. The molecule has 0 spiro atoms. The lowest BCUT2D eigenvalue weighted by Crippen LogP contribution is -2.04. The van der Waals surface area contributed by atoms with Gasteiger partial charge in [-0.25, -0.2) is 15.0 Å². The molecule has 0 atom stereocenters. The summed E-state index contributed by atoms with van der Waals surface area (Å²) >= 11 is 3.45. The van der Waals surface area contributed by atoms with Crippen LogP contribution in [0, 0.1) is 0 Å². The van der Waals surface area contributed by atoms with E-state index in [1.54, 1.807) is 6.20 Å². The van der Waals surface area contributed by atoms with E-state index in [1.807, 2.05) is 36.4 Å². The summed E-state index contributed by atoms with van der Waals surface area (Å²) in [5, 5.41) is 0.959. The molecule has 1 saturated carbocycles. The zero-order chi connectivity index (χ0) is 18.4. The van der Waals surface area contributed by atoms with Gasteiger partial charge in [0.1, 0.15) is 0 Å². The molecular formula is C20H15BrN6. The summed E-state index contributed by atoms with van der Waals surface area (Å²) in [4.78, 5) is 22.6. The maximum absolute atomic E-state index is 6.01. The fourth-order valence-corrected chi connectivity index (χ4v) is 3.37. The molecule has 5 rings (SSSR count). The van der Waals surface area contributed by atoms with Gasteiger partial charge >= 0.3 is 0 Å². The number of anilines is 1. The summed E-state index contributed by atoms with van der Waals surface area (Å²) in [5.74, 6) is 1.74. The van der Waals surface area contributed by atoms with E-state index >= 15 is 0 Å². The highest BCUT2D eigenvalue weighted by Crippen LogP contribution is 2.43. The summed E-state index contributed by atoms with van der Waals surface area (Å²) in [5.41, 5.74) is 9.55. The van der Waals surface area contributed by atoms with E-state index in [-0.39, 0.29) is 5.95 Å². The molecule has 0 bridgehead atoms. The number of hydrogen-bond donors (Lipinski definition) is 1. The van der Waals surface area contributed by atoms with Crippen molar-refractivity contribution in [2.75, 3.05) is 5.73 Å². The lowest BCUT2D eigenvalue weighted by atomic mass is 10.1. The van der Waals surface area contributed by atoms with Gasteiger partial charge in [-0.2, -0.15) is 9.97 Å². The number of benzene rings is 1. The lowest BCUT2D eigenvalue weighted by Gasteiger charge is -2.10. The van der Waals surface area contributed by atoms with Gasteiger partial charge in [0.05, 0.1) is 5.69 Å². The first-order valence-corrected chi connectivity index (χ1v) is 9.50. The molecule has 132 valence electrons. The number of nitrogens with zero attached hydrogens (tertiary/aromatic N) is 5. The van der Waals surface area contributed by atoms with Crippen LogP contribution in [0.3, 0.4) is 0 Å². The zero-order valence-electron chi connectivity index (χ0n) is 14.3. The average molecular weight is 419 g/mol. The number of aromatic nitrogens is 5. The molecule has 27 heavy (non-hydrogen) atoms. The van der Waals surface area contributed by atoms with E-state index in [2.05, 4.69) is 36.9 Å². The highest BCUT2D eigenvalue weighted by atomic mass is 79.9. The summed E-state index contributed by atoms with van der Waals surface area (Å²) in [7, 11) is 0. The van der Waals surface area contributed by atoms with E-state index in [1.165, 1.54) is 0 Å². The molecular weight excluding hydrogens is 404 g/mol. The van der Waals surface area contributed by atoms with Crippen molar-refractivity contribution >= 4 is 32.9 Å². The Morgan fingerprint density at radius 2 is 1.70 bits per heavy atom. The largest absolute Gasteiger partial charge is 0.368 e. The summed E-state index contributed by atoms with van der Waals surface area (Å²) in [6.07, 6.45) is 4.01. The van der Waals surface area contributed by atoms with Crippen LogP contribution in [0.2, 0.25) is 0 Å². The van der Waals surface area contributed by atoms with Gasteiger partial charge < -0.3 is 5.73 Å². The Morgan fingerprint density at radius 3 is 2.48 bits per heavy atom. The third kappa shape index (κ3) is 3.14. The molecule has 4 aromatic rings. The SMILES string of the molecule is Nc1nc(-c2ccc(Br)cc2)nc(-c2cc3cccnc3nc2C2CC2)n1. The minimum absolute atomic E-state index is 0.200. The van der Waals surface area contributed by atoms with E-state index in [9.17, 15) is 0 Å². The van der Waals surface area contributed by atoms with Crippen molar-refractivity contribution in [1.29, 1.82) is 0 Å². The van der Waals surface area contributed by atoms with Gasteiger partial charge in [0.25, 0.3) is 0 Å². The van der Waals surface area contributed by atoms with Gasteiger partial charge in [0, 0.05) is 33.1 Å². The van der Waals surface area contributed by atoms with Crippen molar-refractivity contribution in [1.82, 2.24) is 24.9 Å². The highest BCUT2D eigenvalue weighted by molar-refractivity contribution is 9.10. The van der Waals surface area contributed by atoms with Gasteiger partial charge in [-0.3, -0.25) is 0 Å². The van der Waals surface area contributed by atoms with E-state index in [0.29, 0.717) is 17.6 Å². The standard InChI is InChI=1S/C20H15BrN6/c21-14-7-5-12(6-8-14)18-25-19(27-20(22)26-18)15-10-13-2-1-9-23-17(13)24-16(15)11-3-4-11/h1-2,5-11H,3-4H2,(H2,22,25,26,27). The van der Waals surface area contributed by atoms with Crippen molar-refractivity contribution in [2.45, 2.75) is 18.8 Å². The van der Waals surface area contributed by atoms with Crippen LogP contribution in [0.4, 0.5) is 5.95 Å². The van der Waals surface area contributed by atoms with Gasteiger partial charge in [0.2, 0.25) is 5.95 Å². The zero-order valence-corrected chi connectivity index (χ0v) is 15.9. The molecule has 0 saturated heterocycles. The number of rotatable bonds is 3. The number of nitrogens with two attached hydrogens (primary N) is 1. The molecule has 1 aromatic carbocycles. The van der Waals surface area contributed by atoms with Crippen LogP contribution < -0.4 is 5.73 Å². The van der Waals surface area contributed by atoms with E-state index in [4.69, 9.17) is 15.7 Å². The normalized spacial score (nSPS) is 13.8. The minimum atomic E-state index is 0.200. The second-order valence-corrected chi connectivity index (χ2v) is 7.51. The van der Waals surface area contributed by atoms with Crippen molar-refractivity contribution < 1.29 is 0 Å². The van der Waals surface area contributed by atoms with Crippen LogP contribution in [0.15, 0.2) is 53.1 Å². The molecule has 0 aliphatic heterocycles. The monoisotopic (exact) mass is 418 g/mol. The molecule has 3 heterocycles. The molecule has 0 unspecified atom stereocenters. The van der Waals surface area contributed by atoms with Crippen LogP contribution in [0.5, 0.6) is 0 Å². The highest BCUT2D eigenvalue weighted by Gasteiger charge is 2.29. The second kappa shape index (κ2) is 6.35. The third-order valence-electron chi connectivity index (χ3n) is 4.58. The van der Waals surface area contributed by atoms with Crippen molar-refractivity contribution in [3.05, 3.63) is 58.8 Å². The Kier molecular flexibility index (Phi) is 3.82. The molecule has 7 heteroatoms. The van der Waals surface area contributed by atoms with Crippen LogP contribution in [0.25, 0.3) is 33.8 Å². The quantitative estimate of drug-likeness (QED) is 0.530. The number of hydrogen-bond acceptors (Lipinski definition) is 6. The number of pyridine rings is 2. The topological polar surface area (TPSA) is 90.5 Å². The predicted octanol–water partition coefficient (Wildman–Crippen LogP) is 4.37. The molecule has 1 aliphatic rings. The Bertz CT molecular complexity index is 1150. The average Bonchev–Trinajstić information content (AvgIpc) is 3.52. The smallest absolute Gasteiger partial charge is 0.224 e. The van der Waals surface area contributed by atoms with Crippen molar-refractivity contribution in [3.8, 4) is 22.8 Å². The summed E-state index contributed by atoms with van der Waals surface area (Å²) in [6.45, 7) is 0. The predicted molar refractivity (Wildman–Crippen MR) is 108 cm³/mol. The lowest BCUT2D eigenvalue weighted by molar-refractivity contribution is 1.01. The first-order chi connectivity index (χ1) is 13.2. The Hall–Kier alpha value is -2.93. The molecule has 1 fully saturated rings. The van der Waals surface area contributed by atoms with Gasteiger partial charge in [-0.15, -0.1) is 0 Å². The first kappa shape index (κ1) is 16.3. The fourth-order valence-electron chi connectivity index (χ4n) is 3.11. The molecule has 0 amide bonds. The number of nitrogen functional groups attached to an aromatic ring is 1. The Labute approximate surface area is 164 Å². The van der Waals surface area contributed by atoms with Crippen LogP contribution in [-0.2, 0) is 0 Å². The molecule has 2 N–H and O–H groups in total. The minimum Gasteiger partial charge on any atom is -0.368 e. The molecule has 1 aliphatic carbocycles. The van der Waals surface area contributed by atoms with Crippen LogP contribution in [0.1, 0.15) is 24.5 Å². The van der Waals surface area contributed by atoms with Crippen LogP contribution >= 0.6 is 15.9 Å². The van der Waals surface area contributed by atoms with Gasteiger partial charge in [-0.1, -0.05) is 28.1 Å². The van der Waals surface area contributed by atoms with Gasteiger partial charge in [0.15, 0.2) is 17.3 Å². The fraction of sp³-hybridized carbons (Fsp3) is 0.150. The Morgan fingerprint density at radius 1 is 0.926 bits per heavy atom. The molecule has 0 radical (unpaired) electrons. The van der Waals surface area contributed by atoms with E-state index < -0.39 is 0 Å². The number of fused-ring (bicyclic) bond motifs is 1. The van der Waals surface area contributed by atoms with Crippen LogP contribution in [-0.4, -0.2) is 24.9 Å². The summed E-state index contributed by atoms with van der Waals surface area (Å²) in [6, 6.07) is 13.8. The summed E-state index contributed by atoms with van der Waals surface area (Å²) < 4.78 is 0.996. The molecule has 3 aromatic heterocycles. The van der Waals surface area contributed by atoms with Crippen molar-refractivity contribution in [3.63, 3.8) is 0 Å². The number of halogens is 1. The first-order valence-electron chi connectivity index (χ1n) is 8.71. The third-order valence-corrected chi connectivity index (χ3v) is 5.11. The Balaban J connectivity index is 1.70. The van der Waals surface area contributed by atoms with Crippen molar-refractivity contribution in [2.24, 2.45) is 0 Å².